The second-order valence-corrected chi connectivity index (χ2v) is 5.10. The SMILES string of the molecule is COCC(NCC1(C)COC1)c1ccccc1. The third kappa shape index (κ3) is 3.28. The van der Waals surface area contributed by atoms with E-state index in [1.165, 1.54) is 5.56 Å². The first-order chi connectivity index (χ1) is 8.23. The van der Waals surface area contributed by atoms with Crippen molar-refractivity contribution in [1.29, 1.82) is 0 Å². The van der Waals surface area contributed by atoms with Gasteiger partial charge in [-0.2, -0.15) is 0 Å². The van der Waals surface area contributed by atoms with Gasteiger partial charge in [-0.25, -0.2) is 0 Å². The van der Waals surface area contributed by atoms with Crippen molar-refractivity contribution in [2.24, 2.45) is 5.41 Å². The minimum absolute atomic E-state index is 0.263. The Balaban J connectivity index is 1.93. The molecule has 1 N–H and O–H groups in total. The van der Waals surface area contributed by atoms with Crippen LogP contribution in [-0.4, -0.2) is 33.5 Å². The van der Waals surface area contributed by atoms with E-state index in [9.17, 15) is 0 Å². The van der Waals surface area contributed by atoms with Crippen molar-refractivity contribution in [1.82, 2.24) is 5.32 Å². The topological polar surface area (TPSA) is 30.5 Å². The van der Waals surface area contributed by atoms with Crippen LogP contribution in [0, 0.1) is 5.41 Å². The highest BCUT2D eigenvalue weighted by Crippen LogP contribution is 2.26. The first-order valence-electron chi connectivity index (χ1n) is 6.08. The fourth-order valence-corrected chi connectivity index (χ4v) is 2.05. The second-order valence-electron chi connectivity index (χ2n) is 5.10. The first-order valence-corrected chi connectivity index (χ1v) is 6.08. The Morgan fingerprint density at radius 1 is 1.35 bits per heavy atom. The Morgan fingerprint density at radius 3 is 2.59 bits per heavy atom. The molecule has 1 aliphatic rings. The lowest BCUT2D eigenvalue weighted by Gasteiger charge is -2.39. The smallest absolute Gasteiger partial charge is 0.0657 e. The average Bonchev–Trinajstić information content (AvgIpc) is 2.33. The molecule has 2 rings (SSSR count). The number of rotatable bonds is 6. The Kier molecular flexibility index (Phi) is 4.15. The molecule has 0 aliphatic carbocycles. The third-order valence-corrected chi connectivity index (χ3v) is 3.21. The third-order valence-electron chi connectivity index (χ3n) is 3.21. The van der Waals surface area contributed by atoms with Crippen LogP contribution in [0.25, 0.3) is 0 Å². The molecule has 1 aromatic carbocycles. The summed E-state index contributed by atoms with van der Waals surface area (Å²) in [7, 11) is 1.74. The fourth-order valence-electron chi connectivity index (χ4n) is 2.05. The highest BCUT2D eigenvalue weighted by molar-refractivity contribution is 5.19. The molecule has 94 valence electrons. The molecule has 0 saturated carbocycles. The lowest BCUT2D eigenvalue weighted by atomic mass is 9.88. The van der Waals surface area contributed by atoms with E-state index in [1.54, 1.807) is 7.11 Å². The van der Waals surface area contributed by atoms with Crippen LogP contribution < -0.4 is 5.32 Å². The molecular weight excluding hydrogens is 214 g/mol. The number of methoxy groups -OCH3 is 1. The summed E-state index contributed by atoms with van der Waals surface area (Å²) < 4.78 is 10.5. The van der Waals surface area contributed by atoms with Crippen LogP contribution in [0.4, 0.5) is 0 Å². The predicted octanol–water partition coefficient (Wildman–Crippen LogP) is 2.00. The highest BCUT2D eigenvalue weighted by atomic mass is 16.5. The summed E-state index contributed by atoms with van der Waals surface area (Å²) in [5.74, 6) is 0. The minimum Gasteiger partial charge on any atom is -0.383 e. The molecule has 0 spiro atoms. The molecule has 0 aromatic heterocycles. The molecule has 3 heteroatoms. The van der Waals surface area contributed by atoms with Crippen molar-refractivity contribution in [3.63, 3.8) is 0 Å². The van der Waals surface area contributed by atoms with Gasteiger partial charge in [0.25, 0.3) is 0 Å². The van der Waals surface area contributed by atoms with Gasteiger partial charge in [0.2, 0.25) is 0 Å². The van der Waals surface area contributed by atoms with Crippen LogP contribution in [0.15, 0.2) is 30.3 Å². The molecule has 0 bridgehead atoms. The van der Waals surface area contributed by atoms with Gasteiger partial charge in [-0.15, -0.1) is 0 Å². The monoisotopic (exact) mass is 235 g/mol. The lowest BCUT2D eigenvalue weighted by Crippen LogP contribution is -2.48. The maximum absolute atomic E-state index is 5.28. The second kappa shape index (κ2) is 5.63. The van der Waals surface area contributed by atoms with Crippen LogP contribution >= 0.6 is 0 Å². The van der Waals surface area contributed by atoms with Gasteiger partial charge in [0, 0.05) is 19.1 Å². The molecule has 1 atom stereocenters. The molecule has 1 heterocycles. The van der Waals surface area contributed by atoms with E-state index in [-0.39, 0.29) is 6.04 Å². The number of hydrogen-bond acceptors (Lipinski definition) is 3. The van der Waals surface area contributed by atoms with E-state index in [1.807, 2.05) is 6.07 Å². The average molecular weight is 235 g/mol. The molecule has 17 heavy (non-hydrogen) atoms. The zero-order valence-corrected chi connectivity index (χ0v) is 10.6. The van der Waals surface area contributed by atoms with Gasteiger partial charge in [0.1, 0.15) is 0 Å². The molecule has 1 unspecified atom stereocenters. The summed E-state index contributed by atoms with van der Waals surface area (Å²) in [6.45, 7) is 5.62. The van der Waals surface area contributed by atoms with Crippen molar-refractivity contribution in [2.45, 2.75) is 13.0 Å². The summed E-state index contributed by atoms with van der Waals surface area (Å²) in [5.41, 5.74) is 1.57. The largest absolute Gasteiger partial charge is 0.383 e. The molecule has 0 radical (unpaired) electrons. The zero-order valence-electron chi connectivity index (χ0n) is 10.6. The van der Waals surface area contributed by atoms with Gasteiger partial charge in [0.15, 0.2) is 0 Å². The van der Waals surface area contributed by atoms with E-state index >= 15 is 0 Å². The van der Waals surface area contributed by atoms with Gasteiger partial charge in [-0.3, -0.25) is 0 Å². The van der Waals surface area contributed by atoms with Crippen molar-refractivity contribution in [2.75, 3.05) is 33.5 Å². The summed E-state index contributed by atoms with van der Waals surface area (Å²) in [6.07, 6.45) is 0. The van der Waals surface area contributed by atoms with Gasteiger partial charge in [-0.05, 0) is 5.56 Å². The van der Waals surface area contributed by atoms with Crippen molar-refractivity contribution in [3.8, 4) is 0 Å². The molecule has 1 fully saturated rings. The van der Waals surface area contributed by atoms with Crippen LogP contribution in [0.2, 0.25) is 0 Å². The first kappa shape index (κ1) is 12.6. The van der Waals surface area contributed by atoms with Gasteiger partial charge >= 0.3 is 0 Å². The number of ether oxygens (including phenoxy) is 2. The highest BCUT2D eigenvalue weighted by Gasteiger charge is 2.33. The van der Waals surface area contributed by atoms with E-state index in [4.69, 9.17) is 9.47 Å². The Morgan fingerprint density at radius 2 is 2.06 bits per heavy atom. The summed E-state index contributed by atoms with van der Waals surface area (Å²) in [4.78, 5) is 0. The quantitative estimate of drug-likeness (QED) is 0.818. The van der Waals surface area contributed by atoms with E-state index in [0.29, 0.717) is 12.0 Å². The fraction of sp³-hybridized carbons (Fsp3) is 0.571. The summed E-state index contributed by atoms with van der Waals surface area (Å²) in [6, 6.07) is 10.7. The normalized spacial score (nSPS) is 19.6. The molecule has 3 nitrogen and oxygen atoms in total. The molecule has 1 aliphatic heterocycles. The zero-order chi connectivity index (χ0) is 12.1. The Hall–Kier alpha value is -0.900. The van der Waals surface area contributed by atoms with E-state index < -0.39 is 0 Å². The lowest BCUT2D eigenvalue weighted by molar-refractivity contribution is -0.101. The maximum Gasteiger partial charge on any atom is 0.0657 e. The predicted molar refractivity (Wildman–Crippen MR) is 68.0 cm³/mol. The van der Waals surface area contributed by atoms with Crippen LogP contribution in [-0.2, 0) is 9.47 Å². The van der Waals surface area contributed by atoms with E-state index in [2.05, 4.69) is 36.5 Å². The maximum atomic E-state index is 5.28. The molecule has 1 aromatic rings. The standard InChI is InChI=1S/C14H21NO2/c1-14(10-17-11-14)9-15-13(8-16-2)12-6-4-3-5-7-12/h3-7,13,15H,8-11H2,1-2H3. The number of hydrogen-bond donors (Lipinski definition) is 1. The van der Waals surface area contributed by atoms with Gasteiger partial charge < -0.3 is 14.8 Å². The molecule has 1 saturated heterocycles. The van der Waals surface area contributed by atoms with Crippen LogP contribution in [0.3, 0.4) is 0 Å². The minimum atomic E-state index is 0.263. The van der Waals surface area contributed by atoms with Crippen molar-refractivity contribution < 1.29 is 9.47 Å². The van der Waals surface area contributed by atoms with Crippen LogP contribution in [0.5, 0.6) is 0 Å². The Bertz CT molecular complexity index is 335. The van der Waals surface area contributed by atoms with E-state index in [0.717, 1.165) is 19.8 Å². The summed E-state index contributed by atoms with van der Waals surface area (Å²) in [5, 5.41) is 3.57. The number of benzene rings is 1. The molecular formula is C14H21NO2. The number of nitrogens with one attached hydrogen (secondary N) is 1. The van der Waals surface area contributed by atoms with Crippen molar-refractivity contribution in [3.05, 3.63) is 35.9 Å². The Labute approximate surface area is 103 Å². The van der Waals surface area contributed by atoms with Gasteiger partial charge in [-0.1, -0.05) is 37.3 Å². The molecule has 0 amide bonds. The van der Waals surface area contributed by atoms with Gasteiger partial charge in [0.05, 0.1) is 25.9 Å². The van der Waals surface area contributed by atoms with Crippen molar-refractivity contribution >= 4 is 0 Å². The van der Waals surface area contributed by atoms with Crippen LogP contribution in [0.1, 0.15) is 18.5 Å². The summed E-state index contributed by atoms with van der Waals surface area (Å²) >= 11 is 0.